The Labute approximate surface area is 116 Å². The highest BCUT2D eigenvalue weighted by molar-refractivity contribution is 7.89. The fourth-order valence-electron chi connectivity index (χ4n) is 2.57. The Kier molecular flexibility index (Phi) is 3.31. The Balaban J connectivity index is 1.68. The van der Waals surface area contributed by atoms with E-state index in [0.29, 0.717) is 12.5 Å². The van der Waals surface area contributed by atoms with E-state index in [4.69, 9.17) is 9.88 Å². The first-order chi connectivity index (χ1) is 9.45. The van der Waals surface area contributed by atoms with E-state index >= 15 is 0 Å². The minimum Gasteiger partial charge on any atom is -0.376 e. The van der Waals surface area contributed by atoms with E-state index in [-0.39, 0.29) is 28.6 Å². The lowest BCUT2D eigenvalue weighted by atomic mass is 10.1. The molecule has 1 aromatic rings. The number of rotatable bonds is 4. The monoisotopic (exact) mass is 299 g/mol. The third-order valence-corrected chi connectivity index (χ3v) is 4.66. The maximum Gasteiger partial charge on any atom is 0.268 e. The second kappa shape index (κ2) is 4.87. The number of sulfonamides is 1. The van der Waals surface area contributed by atoms with E-state index in [1.54, 1.807) is 0 Å². The molecule has 2 atom stereocenters. The predicted molar refractivity (Wildman–Crippen MR) is 70.5 cm³/mol. The van der Waals surface area contributed by atoms with Crippen molar-refractivity contribution in [1.82, 2.24) is 10.3 Å². The van der Waals surface area contributed by atoms with Gasteiger partial charge in [0.05, 0.1) is 17.0 Å². The largest absolute Gasteiger partial charge is 0.376 e. The number of aromatic nitrogens is 1. The molecule has 0 spiro atoms. The van der Waals surface area contributed by atoms with Crippen molar-refractivity contribution in [3.63, 3.8) is 0 Å². The summed E-state index contributed by atoms with van der Waals surface area (Å²) in [6.07, 6.45) is 4.39. The van der Waals surface area contributed by atoms with Crippen molar-refractivity contribution in [3.05, 3.63) is 18.0 Å². The molecule has 20 heavy (non-hydrogen) atoms. The first kappa shape index (κ1) is 13.6. The Morgan fingerprint density at radius 2 is 2.15 bits per heavy atom. The van der Waals surface area contributed by atoms with Gasteiger partial charge in [-0.2, -0.15) is 0 Å². The standard InChI is InChI=1S/C12H17N3O4S/c13-20(17,18)8-5-10(14-6-8)12(16)15-9-3-4-19-11(9)7-1-2-7/h5-7,9,11,14H,1-4H2,(H,15,16)(H2,13,17,18). The number of aromatic amines is 1. The summed E-state index contributed by atoms with van der Waals surface area (Å²) in [6.45, 7) is 0.652. The molecule has 1 aliphatic heterocycles. The summed E-state index contributed by atoms with van der Waals surface area (Å²) in [6, 6.07) is 1.24. The van der Waals surface area contributed by atoms with Gasteiger partial charge in [0, 0.05) is 12.8 Å². The van der Waals surface area contributed by atoms with E-state index in [9.17, 15) is 13.2 Å². The van der Waals surface area contributed by atoms with Gasteiger partial charge in [-0.25, -0.2) is 13.6 Å². The minimum absolute atomic E-state index is 0.00349. The molecule has 2 unspecified atom stereocenters. The van der Waals surface area contributed by atoms with Crippen LogP contribution in [-0.4, -0.2) is 38.1 Å². The van der Waals surface area contributed by atoms with Gasteiger partial charge in [-0.1, -0.05) is 0 Å². The van der Waals surface area contributed by atoms with Crippen molar-refractivity contribution in [2.45, 2.75) is 36.3 Å². The molecule has 8 heteroatoms. The number of carbonyl (C=O) groups is 1. The van der Waals surface area contributed by atoms with Gasteiger partial charge in [0.1, 0.15) is 5.69 Å². The first-order valence-electron chi connectivity index (χ1n) is 6.59. The Morgan fingerprint density at radius 1 is 1.40 bits per heavy atom. The zero-order chi connectivity index (χ0) is 14.3. The van der Waals surface area contributed by atoms with Crippen molar-refractivity contribution in [3.8, 4) is 0 Å². The van der Waals surface area contributed by atoms with E-state index in [2.05, 4.69) is 10.3 Å². The smallest absolute Gasteiger partial charge is 0.268 e. The second-order valence-corrected chi connectivity index (χ2v) is 6.90. The number of carbonyl (C=O) groups excluding carboxylic acids is 1. The topological polar surface area (TPSA) is 114 Å². The van der Waals surface area contributed by atoms with Gasteiger partial charge in [0.2, 0.25) is 10.0 Å². The van der Waals surface area contributed by atoms with Gasteiger partial charge in [-0.15, -0.1) is 0 Å². The molecule has 0 bridgehead atoms. The molecular formula is C12H17N3O4S. The van der Waals surface area contributed by atoms with Crippen molar-refractivity contribution < 1.29 is 17.9 Å². The lowest BCUT2D eigenvalue weighted by Gasteiger charge is -2.18. The SMILES string of the molecule is NS(=O)(=O)c1c[nH]c(C(=O)NC2CCOC2C2CC2)c1. The number of amides is 1. The lowest BCUT2D eigenvalue weighted by Crippen LogP contribution is -2.41. The maximum absolute atomic E-state index is 12.1. The third-order valence-electron chi connectivity index (χ3n) is 3.77. The third kappa shape index (κ3) is 2.72. The number of H-pyrrole nitrogens is 1. The zero-order valence-electron chi connectivity index (χ0n) is 10.8. The number of nitrogens with two attached hydrogens (primary N) is 1. The second-order valence-electron chi connectivity index (χ2n) is 5.34. The van der Waals surface area contributed by atoms with E-state index in [1.165, 1.54) is 12.3 Å². The summed E-state index contributed by atoms with van der Waals surface area (Å²) in [7, 11) is -3.79. The molecule has 1 amide bonds. The summed E-state index contributed by atoms with van der Waals surface area (Å²) in [5, 5.41) is 7.90. The normalized spacial score (nSPS) is 26.6. The van der Waals surface area contributed by atoms with E-state index in [0.717, 1.165) is 19.3 Å². The molecule has 1 saturated carbocycles. The minimum atomic E-state index is -3.79. The fourth-order valence-corrected chi connectivity index (χ4v) is 3.08. The molecule has 1 aromatic heterocycles. The van der Waals surface area contributed by atoms with E-state index in [1.807, 2.05) is 0 Å². The Morgan fingerprint density at radius 3 is 2.75 bits per heavy atom. The molecule has 2 fully saturated rings. The molecule has 7 nitrogen and oxygen atoms in total. The molecule has 110 valence electrons. The number of hydrogen-bond acceptors (Lipinski definition) is 4. The fraction of sp³-hybridized carbons (Fsp3) is 0.583. The van der Waals surface area contributed by atoms with Crippen LogP contribution >= 0.6 is 0 Å². The molecular weight excluding hydrogens is 282 g/mol. The summed E-state index contributed by atoms with van der Waals surface area (Å²) in [5.74, 6) is 0.215. The number of ether oxygens (including phenoxy) is 1. The van der Waals surface area contributed by atoms with Gasteiger partial charge in [0.25, 0.3) is 5.91 Å². The van der Waals surface area contributed by atoms with Crippen molar-refractivity contribution >= 4 is 15.9 Å². The van der Waals surface area contributed by atoms with Crippen LogP contribution in [-0.2, 0) is 14.8 Å². The van der Waals surface area contributed by atoms with Crippen LogP contribution in [0.25, 0.3) is 0 Å². The van der Waals surface area contributed by atoms with Gasteiger partial charge in [0.15, 0.2) is 0 Å². The van der Waals surface area contributed by atoms with Gasteiger partial charge < -0.3 is 15.0 Å². The van der Waals surface area contributed by atoms with Crippen molar-refractivity contribution in [1.29, 1.82) is 0 Å². The highest BCUT2D eigenvalue weighted by Crippen LogP contribution is 2.38. The van der Waals surface area contributed by atoms with Crippen LogP contribution in [0.2, 0.25) is 0 Å². The molecule has 3 rings (SSSR count). The molecule has 1 saturated heterocycles. The van der Waals surface area contributed by atoms with Crippen LogP contribution in [0.15, 0.2) is 17.2 Å². The highest BCUT2D eigenvalue weighted by Gasteiger charge is 2.41. The number of primary sulfonamides is 1. The van der Waals surface area contributed by atoms with Gasteiger partial charge in [-0.05, 0) is 31.2 Å². The Hall–Kier alpha value is -1.38. The highest BCUT2D eigenvalue weighted by atomic mass is 32.2. The predicted octanol–water partition coefficient (Wildman–Crippen LogP) is -0.0406. The van der Waals surface area contributed by atoms with Crippen LogP contribution in [0.5, 0.6) is 0 Å². The van der Waals surface area contributed by atoms with Crippen LogP contribution in [0.3, 0.4) is 0 Å². The quantitative estimate of drug-likeness (QED) is 0.723. The molecule has 2 aliphatic rings. The molecule has 0 aromatic carbocycles. The molecule has 2 heterocycles. The summed E-state index contributed by atoms with van der Waals surface area (Å²) < 4.78 is 28.0. The molecule has 1 aliphatic carbocycles. The average molecular weight is 299 g/mol. The zero-order valence-corrected chi connectivity index (χ0v) is 11.7. The first-order valence-corrected chi connectivity index (χ1v) is 8.13. The van der Waals surface area contributed by atoms with E-state index < -0.39 is 10.0 Å². The molecule has 0 radical (unpaired) electrons. The van der Waals surface area contributed by atoms with Gasteiger partial charge >= 0.3 is 0 Å². The number of nitrogens with one attached hydrogen (secondary N) is 2. The maximum atomic E-state index is 12.1. The molecule has 4 N–H and O–H groups in total. The van der Waals surface area contributed by atoms with Gasteiger partial charge in [-0.3, -0.25) is 4.79 Å². The van der Waals surface area contributed by atoms with Crippen LogP contribution < -0.4 is 10.5 Å². The Bertz CT molecular complexity index is 620. The summed E-state index contributed by atoms with van der Waals surface area (Å²) in [5.41, 5.74) is 0.190. The summed E-state index contributed by atoms with van der Waals surface area (Å²) in [4.78, 5) is 14.6. The van der Waals surface area contributed by atoms with Crippen molar-refractivity contribution in [2.24, 2.45) is 11.1 Å². The number of hydrogen-bond donors (Lipinski definition) is 3. The summed E-state index contributed by atoms with van der Waals surface area (Å²) >= 11 is 0. The lowest BCUT2D eigenvalue weighted by molar-refractivity contribution is 0.0727. The van der Waals surface area contributed by atoms with Crippen LogP contribution in [0, 0.1) is 5.92 Å². The van der Waals surface area contributed by atoms with Crippen LogP contribution in [0.4, 0.5) is 0 Å². The van der Waals surface area contributed by atoms with Crippen LogP contribution in [0.1, 0.15) is 29.8 Å². The average Bonchev–Trinajstić information content (AvgIpc) is 2.91. The van der Waals surface area contributed by atoms with Crippen molar-refractivity contribution in [2.75, 3.05) is 6.61 Å².